The lowest BCUT2D eigenvalue weighted by Gasteiger charge is -2.35. The Morgan fingerprint density at radius 2 is 2.05 bits per heavy atom. The second kappa shape index (κ2) is 6.29. The Hall–Kier alpha value is -1.22. The SMILES string of the molecule is COc1ccccc1N(C)CC1CC(C)CCC1O. The van der Waals surface area contributed by atoms with E-state index in [0.717, 1.165) is 43.2 Å². The topological polar surface area (TPSA) is 32.7 Å². The average molecular weight is 263 g/mol. The summed E-state index contributed by atoms with van der Waals surface area (Å²) < 4.78 is 5.40. The molecule has 0 spiro atoms. The van der Waals surface area contributed by atoms with Gasteiger partial charge < -0.3 is 14.7 Å². The number of hydrogen-bond acceptors (Lipinski definition) is 3. The van der Waals surface area contributed by atoms with Crippen LogP contribution in [0.5, 0.6) is 5.75 Å². The van der Waals surface area contributed by atoms with Gasteiger partial charge in [0.1, 0.15) is 5.75 Å². The Labute approximate surface area is 116 Å². The summed E-state index contributed by atoms with van der Waals surface area (Å²) >= 11 is 0. The first kappa shape index (κ1) is 14.2. The Kier molecular flexibility index (Phi) is 4.70. The first-order chi connectivity index (χ1) is 9.11. The maximum atomic E-state index is 10.2. The summed E-state index contributed by atoms with van der Waals surface area (Å²) in [4.78, 5) is 2.20. The standard InChI is InChI=1S/C16H25NO2/c1-12-8-9-15(18)13(10-12)11-17(2)14-6-4-5-7-16(14)19-3/h4-7,12-13,15,18H,8-11H2,1-3H3. The van der Waals surface area contributed by atoms with Gasteiger partial charge >= 0.3 is 0 Å². The normalized spacial score (nSPS) is 27.1. The lowest BCUT2D eigenvalue weighted by Crippen LogP contribution is -2.37. The first-order valence-corrected chi connectivity index (χ1v) is 7.14. The quantitative estimate of drug-likeness (QED) is 0.906. The molecule has 0 bridgehead atoms. The van der Waals surface area contributed by atoms with Crippen LogP contribution in [0.15, 0.2) is 24.3 Å². The molecule has 1 aromatic carbocycles. The Morgan fingerprint density at radius 1 is 1.32 bits per heavy atom. The summed E-state index contributed by atoms with van der Waals surface area (Å²) in [7, 11) is 3.77. The minimum atomic E-state index is -0.159. The second-order valence-corrected chi connectivity index (χ2v) is 5.80. The molecule has 19 heavy (non-hydrogen) atoms. The summed E-state index contributed by atoms with van der Waals surface area (Å²) in [6, 6.07) is 8.05. The molecular formula is C16H25NO2. The molecule has 0 radical (unpaired) electrons. The summed E-state index contributed by atoms with van der Waals surface area (Å²) in [5, 5.41) is 10.2. The number of nitrogens with zero attached hydrogens (tertiary/aromatic N) is 1. The summed E-state index contributed by atoms with van der Waals surface area (Å²) in [6.07, 6.45) is 3.04. The zero-order valence-electron chi connectivity index (χ0n) is 12.2. The number of anilines is 1. The highest BCUT2D eigenvalue weighted by Crippen LogP contribution is 2.32. The van der Waals surface area contributed by atoms with Gasteiger partial charge in [0, 0.05) is 19.5 Å². The molecule has 0 saturated heterocycles. The maximum Gasteiger partial charge on any atom is 0.142 e. The van der Waals surface area contributed by atoms with E-state index in [1.54, 1.807) is 7.11 Å². The van der Waals surface area contributed by atoms with Gasteiger partial charge in [0.25, 0.3) is 0 Å². The lowest BCUT2D eigenvalue weighted by molar-refractivity contribution is 0.0555. The molecule has 1 aliphatic rings. The van der Waals surface area contributed by atoms with Crippen LogP contribution in [0.1, 0.15) is 26.2 Å². The monoisotopic (exact) mass is 263 g/mol. The van der Waals surface area contributed by atoms with Crippen molar-refractivity contribution in [3.05, 3.63) is 24.3 Å². The van der Waals surface area contributed by atoms with E-state index in [1.165, 1.54) is 0 Å². The molecule has 1 saturated carbocycles. The maximum absolute atomic E-state index is 10.2. The Morgan fingerprint density at radius 3 is 2.79 bits per heavy atom. The smallest absolute Gasteiger partial charge is 0.142 e. The third-order valence-corrected chi connectivity index (χ3v) is 4.21. The molecule has 1 N–H and O–H groups in total. The molecule has 1 fully saturated rings. The fourth-order valence-corrected chi connectivity index (χ4v) is 3.07. The molecule has 2 rings (SSSR count). The molecule has 3 heteroatoms. The van der Waals surface area contributed by atoms with Crippen LogP contribution in [0.25, 0.3) is 0 Å². The summed E-state index contributed by atoms with van der Waals surface area (Å²) in [5.74, 6) is 1.97. The van der Waals surface area contributed by atoms with Gasteiger partial charge in [-0.05, 0) is 37.3 Å². The Bertz CT molecular complexity index is 407. The zero-order chi connectivity index (χ0) is 13.8. The predicted octanol–water partition coefficient (Wildman–Crippen LogP) is 2.93. The van der Waals surface area contributed by atoms with Gasteiger partial charge in [-0.2, -0.15) is 0 Å². The van der Waals surface area contributed by atoms with E-state index in [9.17, 15) is 5.11 Å². The molecule has 0 aromatic heterocycles. The van der Waals surface area contributed by atoms with Gasteiger partial charge in [-0.15, -0.1) is 0 Å². The van der Waals surface area contributed by atoms with Crippen LogP contribution < -0.4 is 9.64 Å². The van der Waals surface area contributed by atoms with Gasteiger partial charge in [0.2, 0.25) is 0 Å². The fraction of sp³-hybridized carbons (Fsp3) is 0.625. The number of benzene rings is 1. The van der Waals surface area contributed by atoms with Crippen molar-refractivity contribution in [2.45, 2.75) is 32.3 Å². The fourth-order valence-electron chi connectivity index (χ4n) is 3.07. The number of methoxy groups -OCH3 is 1. The molecule has 3 unspecified atom stereocenters. The average Bonchev–Trinajstić information content (AvgIpc) is 2.42. The predicted molar refractivity (Wildman–Crippen MR) is 78.8 cm³/mol. The molecule has 1 aromatic rings. The van der Waals surface area contributed by atoms with Crippen LogP contribution in [0.2, 0.25) is 0 Å². The van der Waals surface area contributed by atoms with Crippen LogP contribution >= 0.6 is 0 Å². The van der Waals surface area contributed by atoms with E-state index in [2.05, 4.69) is 24.9 Å². The van der Waals surface area contributed by atoms with E-state index in [1.807, 2.05) is 18.2 Å². The lowest BCUT2D eigenvalue weighted by atomic mass is 9.80. The largest absolute Gasteiger partial charge is 0.495 e. The molecule has 0 amide bonds. The molecule has 0 aliphatic heterocycles. The number of ether oxygens (including phenoxy) is 1. The van der Waals surface area contributed by atoms with E-state index in [-0.39, 0.29) is 6.10 Å². The van der Waals surface area contributed by atoms with Crippen LogP contribution in [-0.2, 0) is 0 Å². The minimum Gasteiger partial charge on any atom is -0.495 e. The van der Waals surface area contributed by atoms with E-state index in [4.69, 9.17) is 4.74 Å². The van der Waals surface area contributed by atoms with Crippen molar-refractivity contribution in [1.29, 1.82) is 0 Å². The van der Waals surface area contributed by atoms with Crippen molar-refractivity contribution in [3.63, 3.8) is 0 Å². The highest BCUT2D eigenvalue weighted by Gasteiger charge is 2.28. The molecule has 106 valence electrons. The molecule has 0 heterocycles. The number of aliphatic hydroxyl groups excluding tert-OH is 1. The van der Waals surface area contributed by atoms with Crippen LogP contribution in [0.4, 0.5) is 5.69 Å². The van der Waals surface area contributed by atoms with Crippen molar-refractivity contribution in [1.82, 2.24) is 0 Å². The van der Waals surface area contributed by atoms with E-state index < -0.39 is 0 Å². The van der Waals surface area contributed by atoms with Crippen molar-refractivity contribution < 1.29 is 9.84 Å². The number of rotatable bonds is 4. The number of para-hydroxylation sites is 2. The minimum absolute atomic E-state index is 0.159. The van der Waals surface area contributed by atoms with Crippen molar-refractivity contribution in [2.75, 3.05) is 25.6 Å². The Balaban J connectivity index is 2.05. The second-order valence-electron chi connectivity index (χ2n) is 5.80. The van der Waals surface area contributed by atoms with E-state index >= 15 is 0 Å². The summed E-state index contributed by atoms with van der Waals surface area (Å²) in [6.45, 7) is 3.16. The van der Waals surface area contributed by atoms with Crippen LogP contribution in [0, 0.1) is 11.8 Å². The van der Waals surface area contributed by atoms with Crippen LogP contribution in [-0.4, -0.2) is 31.9 Å². The summed E-state index contributed by atoms with van der Waals surface area (Å²) in [5.41, 5.74) is 1.09. The van der Waals surface area contributed by atoms with Gasteiger partial charge in [-0.1, -0.05) is 19.1 Å². The van der Waals surface area contributed by atoms with Gasteiger partial charge in [-0.3, -0.25) is 0 Å². The van der Waals surface area contributed by atoms with Crippen molar-refractivity contribution in [2.24, 2.45) is 11.8 Å². The molecule has 3 nitrogen and oxygen atoms in total. The first-order valence-electron chi connectivity index (χ1n) is 7.14. The molecular weight excluding hydrogens is 238 g/mol. The van der Waals surface area contributed by atoms with Crippen LogP contribution in [0.3, 0.4) is 0 Å². The number of hydrogen-bond donors (Lipinski definition) is 1. The van der Waals surface area contributed by atoms with Crippen molar-refractivity contribution >= 4 is 5.69 Å². The van der Waals surface area contributed by atoms with E-state index in [0.29, 0.717) is 5.92 Å². The molecule has 1 aliphatic carbocycles. The van der Waals surface area contributed by atoms with Gasteiger partial charge in [-0.25, -0.2) is 0 Å². The third kappa shape index (κ3) is 3.41. The highest BCUT2D eigenvalue weighted by molar-refractivity contribution is 5.57. The van der Waals surface area contributed by atoms with Crippen molar-refractivity contribution in [3.8, 4) is 5.75 Å². The highest BCUT2D eigenvalue weighted by atomic mass is 16.5. The zero-order valence-corrected chi connectivity index (χ0v) is 12.2. The number of aliphatic hydroxyl groups is 1. The third-order valence-electron chi connectivity index (χ3n) is 4.21. The molecule has 3 atom stereocenters. The van der Waals surface area contributed by atoms with Gasteiger partial charge in [0.05, 0.1) is 18.9 Å². The van der Waals surface area contributed by atoms with Gasteiger partial charge in [0.15, 0.2) is 0 Å².